The molecule has 2 N–H and O–H groups in total. The molecule has 0 amide bonds. The molecular formula is C8H2F16O2. The van der Waals surface area contributed by atoms with Crippen LogP contribution in [0.2, 0.25) is 0 Å². The molecule has 0 heterocycles. The van der Waals surface area contributed by atoms with Gasteiger partial charge in [0, 0.05) is 0 Å². The molecule has 0 saturated carbocycles. The Bertz CT molecular complexity index is 477. The summed E-state index contributed by atoms with van der Waals surface area (Å²) in [5, 5.41) is 14.7. The second kappa shape index (κ2) is 5.65. The van der Waals surface area contributed by atoms with Crippen LogP contribution >= 0.6 is 0 Å². The molecule has 0 saturated heterocycles. The van der Waals surface area contributed by atoms with E-state index in [-0.39, 0.29) is 0 Å². The fourth-order valence-corrected chi connectivity index (χ4v) is 1.17. The highest BCUT2D eigenvalue weighted by molar-refractivity contribution is 5.13. The zero-order chi connectivity index (χ0) is 22.0. The Kier molecular flexibility index (Phi) is 5.39. The van der Waals surface area contributed by atoms with Crippen LogP contribution in [0.3, 0.4) is 0 Å². The Balaban J connectivity index is 6.61. The second-order valence-corrected chi connectivity index (χ2v) is 4.53. The fourth-order valence-electron chi connectivity index (χ4n) is 1.17. The lowest BCUT2D eigenvalue weighted by Crippen LogP contribution is -2.74. The molecule has 0 aliphatic carbocycles. The van der Waals surface area contributed by atoms with E-state index in [9.17, 15) is 70.2 Å². The van der Waals surface area contributed by atoms with Crippen LogP contribution in [0.5, 0.6) is 0 Å². The van der Waals surface area contributed by atoms with Crippen LogP contribution in [0.25, 0.3) is 0 Å². The van der Waals surface area contributed by atoms with E-state index < -0.39 is 47.8 Å². The summed E-state index contributed by atoms with van der Waals surface area (Å²) in [4.78, 5) is 0. The van der Waals surface area contributed by atoms with Crippen molar-refractivity contribution in [2.45, 2.75) is 47.8 Å². The van der Waals surface area contributed by atoms with E-state index in [1.165, 1.54) is 0 Å². The van der Waals surface area contributed by atoms with Gasteiger partial charge in [-0.1, -0.05) is 0 Å². The minimum Gasteiger partial charge on any atom is -0.331 e. The van der Waals surface area contributed by atoms with Gasteiger partial charge in [-0.05, 0) is 0 Å². The molecule has 158 valence electrons. The van der Waals surface area contributed by atoms with Gasteiger partial charge in [0.1, 0.15) is 0 Å². The van der Waals surface area contributed by atoms with Gasteiger partial charge >= 0.3 is 47.8 Å². The summed E-state index contributed by atoms with van der Waals surface area (Å²) in [5.41, 5.74) is 0. The maximum Gasteiger partial charge on any atom is 0.423 e. The zero-order valence-corrected chi connectivity index (χ0v) is 10.9. The lowest BCUT2D eigenvalue weighted by atomic mass is 9.90. The number of alkyl halides is 16. The normalized spacial score (nSPS) is 16.8. The van der Waals surface area contributed by atoms with Crippen molar-refractivity contribution < 1.29 is 80.5 Å². The Morgan fingerprint density at radius 1 is 0.269 bits per heavy atom. The highest BCUT2D eigenvalue weighted by Gasteiger charge is 2.95. The van der Waals surface area contributed by atoms with Gasteiger partial charge in [-0.2, -0.15) is 70.2 Å². The molecule has 18 heteroatoms. The quantitative estimate of drug-likeness (QED) is 0.596. The largest absolute Gasteiger partial charge is 0.423 e. The van der Waals surface area contributed by atoms with Crippen LogP contribution < -0.4 is 0 Å². The number of hydrogen-bond acceptors (Lipinski definition) is 2. The van der Waals surface area contributed by atoms with Crippen molar-refractivity contribution in [3.63, 3.8) is 0 Å². The predicted molar refractivity (Wildman–Crippen MR) is 44.0 cm³/mol. The summed E-state index contributed by atoms with van der Waals surface area (Å²) in [7, 11) is 0. The molecule has 0 bridgehead atoms. The summed E-state index contributed by atoms with van der Waals surface area (Å²) in [6.07, 6.45) is -14.6. The average Bonchev–Trinajstić information content (AvgIpc) is 2.34. The van der Waals surface area contributed by atoms with Gasteiger partial charge in [0.05, 0.1) is 0 Å². The first-order chi connectivity index (χ1) is 10.8. The van der Waals surface area contributed by atoms with E-state index in [1.807, 2.05) is 0 Å². The number of rotatable bonds is 7. The van der Waals surface area contributed by atoms with Gasteiger partial charge in [0.2, 0.25) is 0 Å². The van der Waals surface area contributed by atoms with Crippen LogP contribution in [-0.2, 0) is 0 Å². The lowest BCUT2D eigenvalue weighted by Gasteiger charge is -2.42. The third kappa shape index (κ3) is 2.84. The molecule has 26 heavy (non-hydrogen) atoms. The number of hydrogen-bond donors (Lipinski definition) is 2. The Morgan fingerprint density at radius 3 is 0.500 bits per heavy atom. The van der Waals surface area contributed by atoms with Crippen molar-refractivity contribution in [2.75, 3.05) is 0 Å². The number of halogens is 16. The monoisotopic (exact) mass is 434 g/mol. The topological polar surface area (TPSA) is 40.5 Å². The van der Waals surface area contributed by atoms with Crippen molar-refractivity contribution in [1.29, 1.82) is 0 Å². The molecule has 0 spiro atoms. The predicted octanol–water partition coefficient (Wildman–Crippen LogP) is 3.97. The molecule has 0 rings (SSSR count). The summed E-state index contributed by atoms with van der Waals surface area (Å²) in [6, 6.07) is 0. The molecule has 0 aromatic carbocycles. The molecule has 0 unspecified atom stereocenters. The molecule has 0 aliphatic heterocycles. The van der Waals surface area contributed by atoms with Crippen LogP contribution in [0.15, 0.2) is 0 Å². The third-order valence-electron chi connectivity index (χ3n) is 2.73. The van der Waals surface area contributed by atoms with Crippen LogP contribution in [0.4, 0.5) is 70.2 Å². The molecular weight excluding hydrogens is 432 g/mol. The molecule has 0 fully saturated rings. The van der Waals surface area contributed by atoms with Gasteiger partial charge in [-0.15, -0.1) is 0 Å². The van der Waals surface area contributed by atoms with Crippen molar-refractivity contribution in [3.8, 4) is 0 Å². The van der Waals surface area contributed by atoms with E-state index in [0.29, 0.717) is 0 Å². The fraction of sp³-hybridized carbons (Fsp3) is 1.00. The first-order valence-corrected chi connectivity index (χ1v) is 5.22. The van der Waals surface area contributed by atoms with Crippen LogP contribution in [0.1, 0.15) is 0 Å². The number of aliphatic hydroxyl groups is 2. The Hall–Kier alpha value is -1.20. The summed E-state index contributed by atoms with van der Waals surface area (Å²) in [6.45, 7) is 0. The third-order valence-corrected chi connectivity index (χ3v) is 2.73. The zero-order valence-electron chi connectivity index (χ0n) is 10.9. The first-order valence-electron chi connectivity index (χ1n) is 5.22. The molecule has 0 radical (unpaired) electrons. The smallest absolute Gasteiger partial charge is 0.331 e. The summed E-state index contributed by atoms with van der Waals surface area (Å²) in [5.74, 6) is -49.9. The standard InChI is InChI=1S/C8H2F16O2/c9-1(10,3(13,14)5(17,18)7(21,22)25)2(11,12)4(15,16)6(19,20)8(23,24)26/h25-26H. The second-order valence-electron chi connectivity index (χ2n) is 4.53. The Labute approximate surface area is 130 Å². The highest BCUT2D eigenvalue weighted by Crippen LogP contribution is 2.63. The Morgan fingerprint density at radius 2 is 0.385 bits per heavy atom. The first kappa shape index (κ1) is 24.8. The maximum atomic E-state index is 12.9. The van der Waals surface area contributed by atoms with Gasteiger partial charge in [-0.3, -0.25) is 0 Å². The van der Waals surface area contributed by atoms with Gasteiger partial charge in [0.25, 0.3) is 0 Å². The summed E-state index contributed by atoms with van der Waals surface area (Å²) < 4.78 is 200. The van der Waals surface area contributed by atoms with Gasteiger partial charge < -0.3 is 10.2 Å². The molecule has 2 nitrogen and oxygen atoms in total. The highest BCUT2D eigenvalue weighted by atomic mass is 19.4. The van der Waals surface area contributed by atoms with E-state index in [1.54, 1.807) is 0 Å². The van der Waals surface area contributed by atoms with E-state index in [0.717, 1.165) is 0 Å². The molecule has 0 aromatic rings. The minimum atomic E-state index is -8.59. The van der Waals surface area contributed by atoms with E-state index in [4.69, 9.17) is 10.2 Å². The lowest BCUT2D eigenvalue weighted by molar-refractivity contribution is -0.479. The van der Waals surface area contributed by atoms with Gasteiger partial charge in [0.15, 0.2) is 0 Å². The molecule has 0 aromatic heterocycles. The van der Waals surface area contributed by atoms with E-state index >= 15 is 0 Å². The summed E-state index contributed by atoms with van der Waals surface area (Å²) >= 11 is 0. The van der Waals surface area contributed by atoms with Crippen LogP contribution in [0, 0.1) is 0 Å². The average molecular weight is 434 g/mol. The minimum absolute atomic E-state index is 7.28. The van der Waals surface area contributed by atoms with Crippen molar-refractivity contribution in [2.24, 2.45) is 0 Å². The van der Waals surface area contributed by atoms with Crippen molar-refractivity contribution in [1.82, 2.24) is 0 Å². The van der Waals surface area contributed by atoms with Gasteiger partial charge in [-0.25, -0.2) is 0 Å². The van der Waals surface area contributed by atoms with Crippen molar-refractivity contribution >= 4 is 0 Å². The van der Waals surface area contributed by atoms with Crippen LogP contribution in [-0.4, -0.2) is 58.0 Å². The SMILES string of the molecule is OC(F)(F)C(F)(F)C(F)(F)C(F)(F)C(F)(F)C(F)(F)C(F)(F)C(O)(F)F. The van der Waals surface area contributed by atoms with E-state index in [2.05, 4.69) is 0 Å². The van der Waals surface area contributed by atoms with Crippen molar-refractivity contribution in [3.05, 3.63) is 0 Å². The molecule has 0 atom stereocenters. The maximum absolute atomic E-state index is 12.9. The molecule has 0 aliphatic rings.